The quantitative estimate of drug-likeness (QED) is 0.735. The molecule has 1 fully saturated rings. The summed E-state index contributed by atoms with van der Waals surface area (Å²) in [6, 6.07) is 0.389. The van der Waals surface area contributed by atoms with Crippen LogP contribution in [0.2, 0.25) is 0 Å². The van der Waals surface area contributed by atoms with E-state index in [0.717, 1.165) is 32.0 Å². The molecule has 1 saturated heterocycles. The van der Waals surface area contributed by atoms with E-state index < -0.39 is 0 Å². The standard InChI is InChI=1S/C9H17N5O/c1-15-9-11-8(12-13-9)14-4-2-3-7(5-10)6-14/h7H,2-6,10H2,1H3,(H,11,12,13). The molecule has 1 atom stereocenters. The third-order valence-electron chi connectivity index (χ3n) is 2.79. The summed E-state index contributed by atoms with van der Waals surface area (Å²) in [7, 11) is 1.56. The van der Waals surface area contributed by atoms with Crippen LogP contribution in [0, 0.1) is 5.92 Å². The van der Waals surface area contributed by atoms with Crippen molar-refractivity contribution in [2.45, 2.75) is 12.8 Å². The number of rotatable bonds is 3. The van der Waals surface area contributed by atoms with Gasteiger partial charge in [-0.1, -0.05) is 0 Å². The number of hydrogen-bond donors (Lipinski definition) is 2. The van der Waals surface area contributed by atoms with Gasteiger partial charge in [0.2, 0.25) is 5.95 Å². The summed E-state index contributed by atoms with van der Waals surface area (Å²) in [6.45, 7) is 2.70. The van der Waals surface area contributed by atoms with Gasteiger partial charge in [0.05, 0.1) is 7.11 Å². The molecule has 0 aromatic carbocycles. The number of anilines is 1. The molecule has 2 rings (SSSR count). The van der Waals surface area contributed by atoms with Crippen LogP contribution in [0.4, 0.5) is 5.95 Å². The molecule has 84 valence electrons. The number of piperidine rings is 1. The van der Waals surface area contributed by atoms with Crippen LogP contribution in [0.3, 0.4) is 0 Å². The van der Waals surface area contributed by atoms with Crippen LogP contribution in [0.25, 0.3) is 0 Å². The number of nitrogens with zero attached hydrogens (tertiary/aromatic N) is 3. The molecule has 1 aliphatic rings. The number of nitrogens with one attached hydrogen (secondary N) is 1. The van der Waals surface area contributed by atoms with E-state index in [4.69, 9.17) is 10.5 Å². The molecular weight excluding hydrogens is 194 g/mol. The second-order valence-corrected chi connectivity index (χ2v) is 3.84. The van der Waals surface area contributed by atoms with Crippen molar-refractivity contribution in [1.29, 1.82) is 0 Å². The number of ether oxygens (including phenoxy) is 1. The minimum absolute atomic E-state index is 0.389. The highest BCUT2D eigenvalue weighted by Crippen LogP contribution is 2.20. The van der Waals surface area contributed by atoms with Crippen molar-refractivity contribution in [2.75, 3.05) is 31.6 Å². The highest BCUT2D eigenvalue weighted by atomic mass is 16.5. The van der Waals surface area contributed by atoms with Gasteiger partial charge in [-0.05, 0) is 25.3 Å². The van der Waals surface area contributed by atoms with Gasteiger partial charge in [0.25, 0.3) is 0 Å². The molecule has 1 aliphatic heterocycles. The van der Waals surface area contributed by atoms with Crippen molar-refractivity contribution in [2.24, 2.45) is 11.7 Å². The Bertz CT molecular complexity index is 313. The van der Waals surface area contributed by atoms with Crippen molar-refractivity contribution in [3.05, 3.63) is 0 Å². The fourth-order valence-electron chi connectivity index (χ4n) is 1.92. The first-order chi connectivity index (χ1) is 7.33. The predicted octanol–water partition coefficient (Wildman–Crippen LogP) is -0.0116. The fourth-order valence-corrected chi connectivity index (χ4v) is 1.92. The highest BCUT2D eigenvalue weighted by molar-refractivity contribution is 5.30. The summed E-state index contributed by atoms with van der Waals surface area (Å²) in [6.07, 6.45) is 2.36. The number of nitrogens with two attached hydrogens (primary N) is 1. The fraction of sp³-hybridized carbons (Fsp3) is 0.778. The number of aromatic nitrogens is 3. The zero-order chi connectivity index (χ0) is 10.7. The maximum Gasteiger partial charge on any atom is 0.336 e. The Balaban J connectivity index is 2.03. The zero-order valence-corrected chi connectivity index (χ0v) is 8.94. The lowest BCUT2D eigenvalue weighted by molar-refractivity contribution is 0.381. The van der Waals surface area contributed by atoms with Gasteiger partial charge in [0.15, 0.2) is 0 Å². The second-order valence-electron chi connectivity index (χ2n) is 3.84. The molecule has 15 heavy (non-hydrogen) atoms. The zero-order valence-electron chi connectivity index (χ0n) is 8.94. The molecule has 0 spiro atoms. The smallest absolute Gasteiger partial charge is 0.336 e. The van der Waals surface area contributed by atoms with Crippen LogP contribution in [0.15, 0.2) is 0 Å². The molecule has 0 amide bonds. The third kappa shape index (κ3) is 2.20. The molecule has 1 aromatic rings. The second kappa shape index (κ2) is 4.48. The third-order valence-corrected chi connectivity index (χ3v) is 2.79. The largest absolute Gasteiger partial charge is 0.466 e. The Labute approximate surface area is 88.8 Å². The van der Waals surface area contributed by atoms with E-state index in [0.29, 0.717) is 11.9 Å². The summed E-state index contributed by atoms with van der Waals surface area (Å²) in [5, 5.41) is 6.80. The van der Waals surface area contributed by atoms with Gasteiger partial charge in [-0.3, -0.25) is 0 Å². The van der Waals surface area contributed by atoms with Gasteiger partial charge < -0.3 is 15.4 Å². The molecule has 2 heterocycles. The van der Waals surface area contributed by atoms with E-state index in [9.17, 15) is 0 Å². The van der Waals surface area contributed by atoms with Crippen LogP contribution in [0.5, 0.6) is 6.01 Å². The SMILES string of the molecule is COc1n[nH]c(N2CCCC(CN)C2)n1. The lowest BCUT2D eigenvalue weighted by atomic mass is 9.99. The summed E-state index contributed by atoms with van der Waals surface area (Å²) >= 11 is 0. The van der Waals surface area contributed by atoms with Crippen molar-refractivity contribution in [3.63, 3.8) is 0 Å². The van der Waals surface area contributed by atoms with Crippen LogP contribution in [-0.2, 0) is 0 Å². The van der Waals surface area contributed by atoms with Gasteiger partial charge in [0.1, 0.15) is 0 Å². The Kier molecular flexibility index (Phi) is 3.05. The van der Waals surface area contributed by atoms with E-state index in [1.165, 1.54) is 6.42 Å². The normalized spacial score (nSPS) is 21.7. The Morgan fingerprint density at radius 3 is 3.20 bits per heavy atom. The lowest BCUT2D eigenvalue weighted by Gasteiger charge is -2.31. The molecule has 0 saturated carbocycles. The van der Waals surface area contributed by atoms with Crippen LogP contribution in [-0.4, -0.2) is 41.9 Å². The molecule has 6 nitrogen and oxygen atoms in total. The monoisotopic (exact) mass is 211 g/mol. The predicted molar refractivity (Wildman–Crippen MR) is 56.9 cm³/mol. The molecule has 6 heteroatoms. The first kappa shape index (κ1) is 10.2. The molecule has 1 aromatic heterocycles. The van der Waals surface area contributed by atoms with Gasteiger partial charge >= 0.3 is 6.01 Å². The summed E-state index contributed by atoms with van der Waals surface area (Å²) in [4.78, 5) is 6.39. The van der Waals surface area contributed by atoms with Crippen LogP contribution < -0.4 is 15.4 Å². The molecule has 0 radical (unpaired) electrons. The van der Waals surface area contributed by atoms with Gasteiger partial charge in [0, 0.05) is 13.1 Å². The molecule has 3 N–H and O–H groups in total. The van der Waals surface area contributed by atoms with Gasteiger partial charge in [-0.15, -0.1) is 5.10 Å². The van der Waals surface area contributed by atoms with E-state index in [-0.39, 0.29) is 0 Å². The van der Waals surface area contributed by atoms with Gasteiger partial charge in [-0.25, -0.2) is 5.10 Å². The number of aromatic amines is 1. The summed E-state index contributed by atoms with van der Waals surface area (Å²) < 4.78 is 4.93. The minimum atomic E-state index is 0.389. The van der Waals surface area contributed by atoms with Crippen molar-refractivity contribution in [1.82, 2.24) is 15.2 Å². The topological polar surface area (TPSA) is 80.1 Å². The number of H-pyrrole nitrogens is 1. The lowest BCUT2D eigenvalue weighted by Crippen LogP contribution is -2.38. The van der Waals surface area contributed by atoms with Crippen LogP contribution >= 0.6 is 0 Å². The number of hydrogen-bond acceptors (Lipinski definition) is 5. The van der Waals surface area contributed by atoms with E-state index in [2.05, 4.69) is 20.1 Å². The summed E-state index contributed by atoms with van der Waals surface area (Å²) in [5.41, 5.74) is 5.68. The molecule has 0 aliphatic carbocycles. The first-order valence-corrected chi connectivity index (χ1v) is 5.25. The van der Waals surface area contributed by atoms with E-state index in [1.54, 1.807) is 7.11 Å². The Morgan fingerprint density at radius 2 is 2.53 bits per heavy atom. The Hall–Kier alpha value is -1.30. The van der Waals surface area contributed by atoms with Crippen LogP contribution in [0.1, 0.15) is 12.8 Å². The van der Waals surface area contributed by atoms with E-state index >= 15 is 0 Å². The first-order valence-electron chi connectivity index (χ1n) is 5.25. The molecular formula is C9H17N5O. The van der Waals surface area contributed by atoms with Crippen molar-refractivity contribution >= 4 is 5.95 Å². The highest BCUT2D eigenvalue weighted by Gasteiger charge is 2.21. The van der Waals surface area contributed by atoms with Gasteiger partial charge in [-0.2, -0.15) is 4.98 Å². The maximum absolute atomic E-state index is 5.68. The average Bonchev–Trinajstić information content (AvgIpc) is 2.78. The van der Waals surface area contributed by atoms with E-state index in [1.807, 2.05) is 0 Å². The molecule has 0 bridgehead atoms. The maximum atomic E-state index is 5.68. The van der Waals surface area contributed by atoms with Crippen molar-refractivity contribution < 1.29 is 4.74 Å². The average molecular weight is 211 g/mol. The van der Waals surface area contributed by atoms with Crippen molar-refractivity contribution in [3.8, 4) is 6.01 Å². The minimum Gasteiger partial charge on any atom is -0.466 e. The number of methoxy groups -OCH3 is 1. The Morgan fingerprint density at radius 1 is 1.67 bits per heavy atom. The summed E-state index contributed by atoms with van der Waals surface area (Å²) in [5.74, 6) is 1.35. The molecule has 1 unspecified atom stereocenters.